The van der Waals surface area contributed by atoms with Crippen LogP contribution >= 0.6 is 12.6 Å². The molecule has 0 radical (unpaired) electrons. The molecule has 194 valence electrons. The minimum atomic E-state index is -0.667. The van der Waals surface area contributed by atoms with Crippen molar-refractivity contribution >= 4 is 41.7 Å². The molecule has 0 aliphatic rings. The Hall–Kier alpha value is -3.62. The predicted molar refractivity (Wildman–Crippen MR) is 153 cm³/mol. The van der Waals surface area contributed by atoms with Gasteiger partial charge in [-0.05, 0) is 48.6 Å². The molecule has 0 bridgehead atoms. The molecule has 1 atom stereocenters. The van der Waals surface area contributed by atoms with Crippen molar-refractivity contribution in [3.8, 4) is 11.1 Å². The van der Waals surface area contributed by atoms with E-state index in [0.29, 0.717) is 30.8 Å². The normalized spacial score (nSPS) is 11.4. The van der Waals surface area contributed by atoms with Gasteiger partial charge in [-0.2, -0.15) is 12.6 Å². The SMILES string of the molecule is N[C@H](Cc1ccccc1)C(=O)Nc1ccccc1-c1ccc(NC(=O)CCCCCNC(=O)CS)cc1. The minimum Gasteiger partial charge on any atom is -0.355 e. The van der Waals surface area contributed by atoms with Crippen LogP contribution in [-0.2, 0) is 20.8 Å². The molecule has 3 rings (SSSR count). The monoisotopic (exact) mass is 518 g/mol. The van der Waals surface area contributed by atoms with Gasteiger partial charge in [0, 0.05) is 29.9 Å². The van der Waals surface area contributed by atoms with Crippen molar-refractivity contribution in [1.82, 2.24) is 5.32 Å². The van der Waals surface area contributed by atoms with Crippen molar-refractivity contribution in [2.45, 2.75) is 38.1 Å². The van der Waals surface area contributed by atoms with Crippen LogP contribution in [0.15, 0.2) is 78.9 Å². The quantitative estimate of drug-likeness (QED) is 0.170. The molecule has 3 aromatic rings. The van der Waals surface area contributed by atoms with Gasteiger partial charge in [0.2, 0.25) is 17.7 Å². The van der Waals surface area contributed by atoms with E-state index in [-0.39, 0.29) is 23.5 Å². The van der Waals surface area contributed by atoms with Crippen LogP contribution in [0.2, 0.25) is 0 Å². The number of hydrogen-bond acceptors (Lipinski definition) is 5. The highest BCUT2D eigenvalue weighted by Gasteiger charge is 2.16. The zero-order chi connectivity index (χ0) is 26.5. The molecule has 8 heteroatoms. The van der Waals surface area contributed by atoms with E-state index in [9.17, 15) is 14.4 Å². The van der Waals surface area contributed by atoms with Crippen molar-refractivity contribution in [2.24, 2.45) is 5.73 Å². The first-order valence-electron chi connectivity index (χ1n) is 12.4. The first kappa shape index (κ1) is 28.0. The summed E-state index contributed by atoms with van der Waals surface area (Å²) in [6.07, 6.45) is 3.31. The summed E-state index contributed by atoms with van der Waals surface area (Å²) in [7, 11) is 0. The van der Waals surface area contributed by atoms with E-state index in [1.54, 1.807) is 0 Å². The van der Waals surface area contributed by atoms with Crippen LogP contribution < -0.4 is 21.7 Å². The highest BCUT2D eigenvalue weighted by Crippen LogP contribution is 2.29. The Morgan fingerprint density at radius 3 is 2.22 bits per heavy atom. The fraction of sp³-hybridized carbons (Fsp3) is 0.276. The third-order valence-electron chi connectivity index (χ3n) is 5.85. The molecule has 0 heterocycles. The van der Waals surface area contributed by atoms with Crippen molar-refractivity contribution < 1.29 is 14.4 Å². The van der Waals surface area contributed by atoms with Crippen LogP contribution in [0.4, 0.5) is 11.4 Å². The summed E-state index contributed by atoms with van der Waals surface area (Å²) in [5.41, 5.74) is 10.3. The topological polar surface area (TPSA) is 113 Å². The van der Waals surface area contributed by atoms with Gasteiger partial charge in [0.25, 0.3) is 0 Å². The van der Waals surface area contributed by atoms with Crippen molar-refractivity contribution in [2.75, 3.05) is 22.9 Å². The largest absolute Gasteiger partial charge is 0.355 e. The van der Waals surface area contributed by atoms with Crippen LogP contribution in [0.1, 0.15) is 31.2 Å². The van der Waals surface area contributed by atoms with Crippen LogP contribution in [0.5, 0.6) is 0 Å². The number of rotatable bonds is 13. The fourth-order valence-corrected chi connectivity index (χ4v) is 3.97. The van der Waals surface area contributed by atoms with Gasteiger partial charge in [0.15, 0.2) is 0 Å². The number of nitrogens with two attached hydrogens (primary N) is 1. The van der Waals surface area contributed by atoms with Crippen LogP contribution in [-0.4, -0.2) is 36.1 Å². The lowest BCUT2D eigenvalue weighted by atomic mass is 10.0. The Morgan fingerprint density at radius 2 is 1.49 bits per heavy atom. The van der Waals surface area contributed by atoms with E-state index in [4.69, 9.17) is 5.73 Å². The van der Waals surface area contributed by atoms with Gasteiger partial charge in [-0.25, -0.2) is 0 Å². The second kappa shape index (κ2) is 14.8. The predicted octanol–water partition coefficient (Wildman–Crippen LogP) is 4.41. The molecule has 0 spiro atoms. The molecule has 0 unspecified atom stereocenters. The standard InChI is InChI=1S/C29H34N4O3S/c30-25(19-21-9-3-1-4-10-21)29(36)33-26-12-7-6-11-24(26)22-14-16-23(17-15-22)32-27(34)13-5-2-8-18-31-28(35)20-37/h1,3-4,6-7,9-12,14-17,25,37H,2,5,8,13,18-20,30H2,(H,31,35)(H,32,34)(H,33,36)/t25-/m1/s1. The average Bonchev–Trinajstić information content (AvgIpc) is 2.91. The van der Waals surface area contributed by atoms with Crippen molar-refractivity contribution in [1.29, 1.82) is 0 Å². The number of carbonyl (C=O) groups is 3. The number of carbonyl (C=O) groups excluding carboxylic acids is 3. The van der Waals surface area contributed by atoms with E-state index >= 15 is 0 Å². The van der Waals surface area contributed by atoms with Crippen LogP contribution in [0, 0.1) is 0 Å². The van der Waals surface area contributed by atoms with E-state index in [1.165, 1.54) is 0 Å². The second-order valence-corrected chi connectivity index (χ2v) is 9.09. The molecule has 0 fully saturated rings. The Kier molecular flexibility index (Phi) is 11.2. The van der Waals surface area contributed by atoms with Gasteiger partial charge in [0.05, 0.1) is 11.8 Å². The van der Waals surface area contributed by atoms with Crippen molar-refractivity contribution in [3.63, 3.8) is 0 Å². The Morgan fingerprint density at radius 1 is 0.784 bits per heavy atom. The number of thiol groups is 1. The van der Waals surface area contributed by atoms with Gasteiger partial charge < -0.3 is 21.7 Å². The van der Waals surface area contributed by atoms with E-state index in [2.05, 4.69) is 28.6 Å². The molecule has 7 nitrogen and oxygen atoms in total. The first-order chi connectivity index (χ1) is 18.0. The van der Waals surface area contributed by atoms with Gasteiger partial charge >= 0.3 is 0 Å². The lowest BCUT2D eigenvalue weighted by Crippen LogP contribution is -2.37. The first-order valence-corrected chi connectivity index (χ1v) is 13.1. The summed E-state index contributed by atoms with van der Waals surface area (Å²) >= 11 is 3.91. The van der Waals surface area contributed by atoms with Crippen molar-refractivity contribution in [3.05, 3.63) is 84.4 Å². The maximum absolute atomic E-state index is 12.8. The number of amides is 3. The van der Waals surface area contributed by atoms with Gasteiger partial charge in [-0.3, -0.25) is 14.4 Å². The number of hydrogen-bond donors (Lipinski definition) is 5. The highest BCUT2D eigenvalue weighted by molar-refractivity contribution is 7.81. The fourth-order valence-electron chi connectivity index (χ4n) is 3.86. The average molecular weight is 519 g/mol. The lowest BCUT2D eigenvalue weighted by molar-refractivity contribution is -0.119. The van der Waals surface area contributed by atoms with E-state index in [1.807, 2.05) is 78.9 Å². The highest BCUT2D eigenvalue weighted by atomic mass is 32.1. The summed E-state index contributed by atoms with van der Waals surface area (Å²) < 4.78 is 0. The van der Waals surface area contributed by atoms with Crippen LogP contribution in [0.25, 0.3) is 11.1 Å². The summed E-state index contributed by atoms with van der Waals surface area (Å²) in [4.78, 5) is 36.2. The number of para-hydroxylation sites is 1. The zero-order valence-corrected chi connectivity index (χ0v) is 21.7. The lowest BCUT2D eigenvalue weighted by Gasteiger charge is -2.15. The molecule has 3 aromatic carbocycles. The third kappa shape index (κ3) is 9.40. The van der Waals surface area contributed by atoms with Gasteiger partial charge in [-0.15, -0.1) is 0 Å². The van der Waals surface area contributed by atoms with Crippen LogP contribution in [0.3, 0.4) is 0 Å². The summed E-state index contributed by atoms with van der Waals surface area (Å²) in [6.45, 7) is 0.601. The Bertz CT molecular complexity index is 1170. The van der Waals surface area contributed by atoms with E-state index < -0.39 is 6.04 Å². The molecule has 0 aliphatic carbocycles. The number of benzene rings is 3. The molecular formula is C29H34N4O3S. The molecule has 37 heavy (non-hydrogen) atoms. The Balaban J connectivity index is 1.51. The maximum atomic E-state index is 12.8. The number of anilines is 2. The van der Waals surface area contributed by atoms with Gasteiger partial charge in [0.1, 0.15) is 0 Å². The van der Waals surface area contributed by atoms with E-state index in [0.717, 1.165) is 36.0 Å². The molecule has 0 aliphatic heterocycles. The number of nitrogens with one attached hydrogen (secondary N) is 3. The minimum absolute atomic E-state index is 0.0489. The second-order valence-electron chi connectivity index (χ2n) is 8.78. The third-order valence-corrected chi connectivity index (χ3v) is 6.13. The van der Waals surface area contributed by atoms with Gasteiger partial charge in [-0.1, -0.05) is 67.1 Å². The molecule has 3 amide bonds. The molecule has 5 N–H and O–H groups in total. The molecule has 0 aromatic heterocycles. The number of unbranched alkanes of at least 4 members (excludes halogenated alkanes) is 2. The summed E-state index contributed by atoms with van der Waals surface area (Å²) in [5.74, 6) is -0.192. The molecule has 0 saturated carbocycles. The molecule has 0 saturated heterocycles. The Labute approximate surface area is 223 Å². The summed E-state index contributed by atoms with van der Waals surface area (Å²) in [6, 6.07) is 24.1. The molecular weight excluding hydrogens is 484 g/mol. The maximum Gasteiger partial charge on any atom is 0.241 e. The summed E-state index contributed by atoms with van der Waals surface area (Å²) in [5, 5.41) is 8.64. The smallest absolute Gasteiger partial charge is 0.241 e. The zero-order valence-electron chi connectivity index (χ0n) is 20.8.